The zero-order valence-corrected chi connectivity index (χ0v) is 17.7. The Balaban J connectivity index is 2.04. The Bertz CT molecular complexity index is 755. The maximum Gasteiger partial charge on any atom is 0.278 e. The van der Waals surface area contributed by atoms with Gasteiger partial charge in [0.15, 0.2) is 18.0 Å². The second-order valence-corrected chi connectivity index (χ2v) is 7.39. The predicted molar refractivity (Wildman–Crippen MR) is 109 cm³/mol. The van der Waals surface area contributed by atoms with Crippen molar-refractivity contribution in [1.82, 2.24) is 4.90 Å². The van der Waals surface area contributed by atoms with E-state index in [4.69, 9.17) is 13.9 Å². The minimum absolute atomic E-state index is 0.121. The molecule has 0 unspecified atom stereocenters. The summed E-state index contributed by atoms with van der Waals surface area (Å²) in [7, 11) is 3.25. The Morgan fingerprint density at radius 3 is 2.50 bits per heavy atom. The molecule has 0 aliphatic heterocycles. The molecule has 0 atom stereocenters. The molecule has 0 radical (unpaired) electrons. The second kappa shape index (κ2) is 10.8. The Kier molecular flexibility index (Phi) is 8.39. The summed E-state index contributed by atoms with van der Waals surface area (Å²) in [5, 5.41) is 2.07. The van der Waals surface area contributed by atoms with Crippen molar-refractivity contribution < 1.29 is 24.0 Å². The zero-order chi connectivity index (χ0) is 20.5. The first-order chi connectivity index (χ1) is 13.4. The number of quaternary nitrogens is 1. The molecule has 1 heterocycles. The van der Waals surface area contributed by atoms with Gasteiger partial charge in [0.25, 0.3) is 5.91 Å². The molecule has 2 rings (SSSR count). The molecular formula is C22H33N2O4+. The van der Waals surface area contributed by atoms with Crippen molar-refractivity contribution in [3.63, 3.8) is 0 Å². The van der Waals surface area contributed by atoms with E-state index in [0.717, 1.165) is 30.0 Å². The lowest BCUT2D eigenvalue weighted by Crippen LogP contribution is -2.87. The number of rotatable bonds is 11. The maximum absolute atomic E-state index is 12.8. The van der Waals surface area contributed by atoms with E-state index in [0.29, 0.717) is 37.1 Å². The van der Waals surface area contributed by atoms with E-state index in [-0.39, 0.29) is 5.91 Å². The number of ether oxygens (including phenoxy) is 2. The van der Waals surface area contributed by atoms with Crippen LogP contribution in [0, 0.1) is 12.8 Å². The Labute approximate surface area is 167 Å². The molecule has 0 saturated carbocycles. The highest BCUT2D eigenvalue weighted by Gasteiger charge is 2.18. The fraction of sp³-hybridized carbons (Fsp3) is 0.500. The van der Waals surface area contributed by atoms with Crippen LogP contribution in [-0.2, 0) is 17.8 Å². The molecule has 0 bridgehead atoms. The smallest absolute Gasteiger partial charge is 0.278 e. The highest BCUT2D eigenvalue weighted by Crippen LogP contribution is 2.27. The molecule has 1 amide bonds. The third-order valence-corrected chi connectivity index (χ3v) is 4.57. The third kappa shape index (κ3) is 6.60. The van der Waals surface area contributed by atoms with Crippen molar-refractivity contribution in [2.75, 3.05) is 33.9 Å². The quantitative estimate of drug-likeness (QED) is 0.641. The van der Waals surface area contributed by atoms with Gasteiger partial charge in [-0.3, -0.25) is 4.79 Å². The molecule has 1 aromatic heterocycles. The van der Waals surface area contributed by atoms with Crippen LogP contribution in [0.4, 0.5) is 0 Å². The fourth-order valence-corrected chi connectivity index (χ4v) is 3.02. The monoisotopic (exact) mass is 389 g/mol. The van der Waals surface area contributed by atoms with Crippen LogP contribution in [0.1, 0.15) is 30.9 Å². The van der Waals surface area contributed by atoms with E-state index >= 15 is 0 Å². The Hall–Kier alpha value is -2.47. The number of nitrogens with two attached hydrogens (primary N) is 1. The Morgan fingerprint density at radius 1 is 1.14 bits per heavy atom. The Morgan fingerprint density at radius 2 is 1.89 bits per heavy atom. The molecule has 0 aliphatic carbocycles. The summed E-state index contributed by atoms with van der Waals surface area (Å²) >= 11 is 0. The average molecular weight is 390 g/mol. The summed E-state index contributed by atoms with van der Waals surface area (Å²) in [4.78, 5) is 14.7. The highest BCUT2D eigenvalue weighted by atomic mass is 16.5. The first-order valence-corrected chi connectivity index (χ1v) is 9.78. The lowest BCUT2D eigenvalue weighted by molar-refractivity contribution is -0.649. The van der Waals surface area contributed by atoms with Gasteiger partial charge in [0.05, 0.1) is 27.3 Å². The van der Waals surface area contributed by atoms with E-state index in [1.807, 2.05) is 42.2 Å². The molecule has 154 valence electrons. The summed E-state index contributed by atoms with van der Waals surface area (Å²) < 4.78 is 16.4. The average Bonchev–Trinajstić information content (AvgIpc) is 3.09. The highest BCUT2D eigenvalue weighted by molar-refractivity contribution is 5.77. The largest absolute Gasteiger partial charge is 0.493 e. The number of carbonyl (C=O) groups excluding carboxylic acids is 1. The minimum Gasteiger partial charge on any atom is -0.493 e. The molecule has 0 spiro atoms. The van der Waals surface area contributed by atoms with Gasteiger partial charge in [0.1, 0.15) is 11.5 Å². The van der Waals surface area contributed by atoms with Gasteiger partial charge < -0.3 is 24.1 Å². The molecule has 2 aromatic rings. The number of hydrogen-bond acceptors (Lipinski definition) is 4. The lowest BCUT2D eigenvalue weighted by Gasteiger charge is -2.21. The number of amides is 1. The SMILES string of the molecule is COc1ccc(CCN(Cc2ccc(C)o2)C(=O)C[NH2+]CC(C)C)cc1OC. The van der Waals surface area contributed by atoms with Crippen molar-refractivity contribution in [3.8, 4) is 11.5 Å². The first kappa shape index (κ1) is 21.8. The van der Waals surface area contributed by atoms with Crippen molar-refractivity contribution in [2.45, 2.75) is 33.7 Å². The van der Waals surface area contributed by atoms with Crippen LogP contribution in [0.2, 0.25) is 0 Å². The van der Waals surface area contributed by atoms with E-state index < -0.39 is 0 Å². The van der Waals surface area contributed by atoms with Crippen LogP contribution in [0.3, 0.4) is 0 Å². The number of methoxy groups -OCH3 is 2. The molecule has 0 saturated heterocycles. The predicted octanol–water partition coefficient (Wildman–Crippen LogP) is 2.40. The number of benzene rings is 1. The summed E-state index contributed by atoms with van der Waals surface area (Å²) in [5.41, 5.74) is 1.09. The van der Waals surface area contributed by atoms with Gasteiger partial charge in [-0.2, -0.15) is 0 Å². The van der Waals surface area contributed by atoms with Crippen molar-refractivity contribution in [3.05, 3.63) is 47.4 Å². The van der Waals surface area contributed by atoms with Gasteiger partial charge in [-0.05, 0) is 43.2 Å². The van der Waals surface area contributed by atoms with Crippen molar-refractivity contribution >= 4 is 5.91 Å². The van der Waals surface area contributed by atoms with Crippen molar-refractivity contribution in [1.29, 1.82) is 0 Å². The zero-order valence-electron chi connectivity index (χ0n) is 17.7. The van der Waals surface area contributed by atoms with Crippen LogP contribution in [0.15, 0.2) is 34.7 Å². The topological polar surface area (TPSA) is 68.5 Å². The third-order valence-electron chi connectivity index (χ3n) is 4.57. The summed E-state index contributed by atoms with van der Waals surface area (Å²) in [5.74, 6) is 3.74. The first-order valence-electron chi connectivity index (χ1n) is 9.78. The van der Waals surface area contributed by atoms with E-state index in [1.54, 1.807) is 14.2 Å². The number of nitrogens with zero attached hydrogens (tertiary/aromatic N) is 1. The van der Waals surface area contributed by atoms with Crippen LogP contribution < -0.4 is 14.8 Å². The molecular weight excluding hydrogens is 356 g/mol. The summed E-state index contributed by atoms with van der Waals surface area (Å²) in [6, 6.07) is 9.73. The van der Waals surface area contributed by atoms with E-state index in [9.17, 15) is 4.79 Å². The minimum atomic E-state index is 0.121. The van der Waals surface area contributed by atoms with Gasteiger partial charge in [0.2, 0.25) is 0 Å². The molecule has 0 fully saturated rings. The van der Waals surface area contributed by atoms with Gasteiger partial charge in [0, 0.05) is 12.5 Å². The molecule has 2 N–H and O–H groups in total. The van der Waals surface area contributed by atoms with Gasteiger partial charge in [-0.25, -0.2) is 0 Å². The summed E-state index contributed by atoms with van der Waals surface area (Å²) in [6.07, 6.45) is 0.732. The molecule has 1 aromatic carbocycles. The molecule has 0 aliphatic rings. The number of aryl methyl sites for hydroxylation is 1. The normalized spacial score (nSPS) is 10.9. The maximum atomic E-state index is 12.8. The van der Waals surface area contributed by atoms with Gasteiger partial charge in [-0.1, -0.05) is 19.9 Å². The van der Waals surface area contributed by atoms with Crippen LogP contribution in [0.25, 0.3) is 0 Å². The fourth-order valence-electron chi connectivity index (χ4n) is 3.02. The standard InChI is InChI=1S/C22H32N2O4/c1-16(2)13-23-14-22(25)24(15-19-8-6-17(3)28-19)11-10-18-7-9-20(26-4)21(12-18)27-5/h6-9,12,16,23H,10-11,13-15H2,1-5H3/p+1. The molecule has 6 nitrogen and oxygen atoms in total. The van der Waals surface area contributed by atoms with Gasteiger partial charge in [-0.15, -0.1) is 0 Å². The van der Waals surface area contributed by atoms with Crippen LogP contribution in [0.5, 0.6) is 11.5 Å². The van der Waals surface area contributed by atoms with E-state index in [2.05, 4.69) is 19.2 Å². The van der Waals surface area contributed by atoms with E-state index in [1.165, 1.54) is 0 Å². The van der Waals surface area contributed by atoms with Crippen LogP contribution >= 0.6 is 0 Å². The number of hydrogen-bond donors (Lipinski definition) is 1. The van der Waals surface area contributed by atoms with Gasteiger partial charge >= 0.3 is 0 Å². The number of furan rings is 1. The lowest BCUT2D eigenvalue weighted by atomic mass is 10.1. The van der Waals surface area contributed by atoms with Crippen LogP contribution in [-0.4, -0.2) is 44.7 Å². The number of carbonyl (C=O) groups is 1. The van der Waals surface area contributed by atoms with Crippen molar-refractivity contribution in [2.24, 2.45) is 5.92 Å². The molecule has 28 heavy (non-hydrogen) atoms. The molecule has 6 heteroatoms. The summed E-state index contributed by atoms with van der Waals surface area (Å²) in [6.45, 7) is 8.70. The second-order valence-electron chi connectivity index (χ2n) is 7.39.